The first kappa shape index (κ1) is 54.0. The summed E-state index contributed by atoms with van der Waals surface area (Å²) >= 11 is 3.30. The second-order valence-electron chi connectivity index (χ2n) is 19.7. The number of allylic oxidation sites excluding steroid dienone is 2. The number of carbonyl (C=O) groups is 1. The Hall–Kier alpha value is -3.81. The Kier molecular flexibility index (Phi) is 19.5. The smallest absolute Gasteiger partial charge is 0.330 e. The van der Waals surface area contributed by atoms with E-state index in [0.717, 1.165) is 16.7 Å². The van der Waals surface area contributed by atoms with Crippen LogP contribution in [-0.2, 0) is 49.1 Å². The van der Waals surface area contributed by atoms with Crippen LogP contribution in [0.2, 0.25) is 0 Å². The Morgan fingerprint density at radius 1 is 0.971 bits per heavy atom. The largest absolute Gasteiger partial charge is 0.458 e. The summed E-state index contributed by atoms with van der Waals surface area (Å²) in [6.07, 6.45) is 20.9. The molecule has 15 atom stereocenters. The van der Waals surface area contributed by atoms with E-state index >= 15 is 0 Å². The quantitative estimate of drug-likeness (QED) is 0.110. The molecule has 70 heavy (non-hydrogen) atoms. The number of nitrogens with zero attached hydrogens (tertiary/aromatic N) is 2. The molecule has 2 aromatic heterocycles. The number of aliphatic hydroxyl groups excluding tert-OH is 2. The molecule has 384 valence electrons. The number of hydrogen-bond acceptors (Lipinski definition) is 15. The first-order valence-corrected chi connectivity index (χ1v) is 25.6. The molecule has 7 heterocycles. The van der Waals surface area contributed by atoms with E-state index in [-0.39, 0.29) is 54.9 Å². The van der Waals surface area contributed by atoms with E-state index < -0.39 is 48.4 Å². The van der Waals surface area contributed by atoms with Gasteiger partial charge < -0.3 is 56.9 Å². The molecule has 0 aliphatic carbocycles. The van der Waals surface area contributed by atoms with Crippen LogP contribution >= 0.6 is 15.9 Å². The standard InChI is InChI=1S/C54H73BrN2O13/c1-32(17-18-39(61-6)13-11-19-55)22-45(59)48-27-43(62-7)28-54(63-8,70-48)29-50-56-37(30-64-50)23-34(3)52-36(5)53-35(4)46(68-52)14-10-15-49-57-44(31-65-49)47-25-38(58)24-42(67-47)26-41-21-33(2)20-40(66-41)12-9-16-51(60)69-53/h9-11,15-19,22-23,30-31,35-36,38-43,45-48,52-53,58-59H,2,12-14,20-21,24-29H2,1,3-8H3/b15-10+,16-9-,18-17+,19-11+,32-22+,34-23+/t35-,36-,38+,39+,40-,41+,42-,43+,45+,46+,47+,48+,52-,53-,54-/m0/s1. The van der Waals surface area contributed by atoms with Crippen molar-refractivity contribution in [2.24, 2.45) is 11.8 Å². The molecule has 0 radical (unpaired) electrons. The fourth-order valence-corrected chi connectivity index (χ4v) is 10.8. The van der Waals surface area contributed by atoms with Gasteiger partial charge in [0.05, 0.1) is 67.5 Å². The minimum absolute atomic E-state index is 0.107. The molecule has 0 amide bonds. The van der Waals surface area contributed by atoms with Gasteiger partial charge in [0.2, 0.25) is 5.89 Å². The number of aromatic nitrogens is 2. The molecule has 5 aliphatic rings. The fourth-order valence-electron chi connectivity index (χ4n) is 10.5. The van der Waals surface area contributed by atoms with Crippen molar-refractivity contribution >= 4 is 34.1 Å². The highest BCUT2D eigenvalue weighted by atomic mass is 79.9. The van der Waals surface area contributed by atoms with Gasteiger partial charge in [-0.3, -0.25) is 0 Å². The average Bonchev–Trinajstić information content (AvgIpc) is 3.99. The molecule has 2 N–H and O–H groups in total. The average molecular weight is 1040 g/mol. The molecule has 16 heteroatoms. The number of esters is 1. The Morgan fingerprint density at radius 3 is 2.54 bits per heavy atom. The van der Waals surface area contributed by atoms with E-state index in [2.05, 4.69) is 22.5 Å². The maximum Gasteiger partial charge on any atom is 0.330 e. The van der Waals surface area contributed by atoms with Gasteiger partial charge in [-0.05, 0) is 75.1 Å². The van der Waals surface area contributed by atoms with Crippen molar-refractivity contribution in [3.8, 4) is 0 Å². The Bertz CT molecular complexity index is 2230. The van der Waals surface area contributed by atoms with Crippen LogP contribution in [0.25, 0.3) is 12.2 Å². The molecule has 15 nitrogen and oxygen atoms in total. The van der Waals surface area contributed by atoms with Crippen molar-refractivity contribution in [2.75, 3.05) is 21.3 Å². The second-order valence-corrected chi connectivity index (χ2v) is 20.2. The van der Waals surface area contributed by atoms with E-state index in [1.165, 1.54) is 6.08 Å². The van der Waals surface area contributed by atoms with E-state index in [4.69, 9.17) is 56.7 Å². The minimum atomic E-state index is -1.19. The first-order valence-electron chi connectivity index (χ1n) is 24.7. The van der Waals surface area contributed by atoms with Gasteiger partial charge in [-0.25, -0.2) is 14.8 Å². The van der Waals surface area contributed by atoms with E-state index in [9.17, 15) is 15.0 Å². The van der Waals surface area contributed by atoms with Crippen molar-refractivity contribution in [3.63, 3.8) is 0 Å². The minimum Gasteiger partial charge on any atom is -0.458 e. The van der Waals surface area contributed by atoms with Gasteiger partial charge in [-0.1, -0.05) is 84.0 Å². The molecule has 8 bridgehead atoms. The lowest BCUT2D eigenvalue weighted by Gasteiger charge is -2.44. The summed E-state index contributed by atoms with van der Waals surface area (Å²) in [5, 5.41) is 22.3. The van der Waals surface area contributed by atoms with Crippen LogP contribution in [0.4, 0.5) is 0 Å². The zero-order valence-corrected chi connectivity index (χ0v) is 43.2. The topological polar surface area (TPSA) is 183 Å². The number of hydrogen-bond donors (Lipinski definition) is 2. The molecular weight excluding hydrogens is 964 g/mol. The van der Waals surface area contributed by atoms with E-state index in [0.29, 0.717) is 87.4 Å². The third-order valence-electron chi connectivity index (χ3n) is 14.2. The Labute approximate surface area is 421 Å². The number of halogens is 1. The summed E-state index contributed by atoms with van der Waals surface area (Å²) in [6.45, 7) is 12.3. The molecular formula is C54H73BrN2O13. The zero-order valence-electron chi connectivity index (χ0n) is 41.7. The molecule has 2 aromatic rings. The van der Waals surface area contributed by atoms with Crippen LogP contribution in [0.15, 0.2) is 92.2 Å². The maximum absolute atomic E-state index is 13.6. The third-order valence-corrected chi connectivity index (χ3v) is 14.6. The van der Waals surface area contributed by atoms with Gasteiger partial charge >= 0.3 is 5.97 Å². The molecule has 7 rings (SSSR count). The molecule has 0 spiro atoms. The first-order chi connectivity index (χ1) is 33.7. The highest BCUT2D eigenvalue weighted by Crippen LogP contribution is 2.40. The number of oxazole rings is 2. The SMILES string of the molecule is C=C1C[C@@H]2C[C@@H]3C[C@@H](O)C[C@@H](O3)c3coc(n3)/C=C/C[C@H]3O[C@@H](/C(C)=C/c4coc(C[C@]5(OC)C[C@H](OC)C[C@H]([C@H](O)/C=C(C)/C=C/[C@@H](C/C=C/Br)OC)O5)n4)[C@H](C)[C@@H](OC(=O)/C=C\C[C@@H](C1)O2)[C@H]3C. The molecule has 4 fully saturated rings. The van der Waals surface area contributed by atoms with Crippen LogP contribution in [0, 0.1) is 11.8 Å². The van der Waals surface area contributed by atoms with Crippen LogP contribution in [0.3, 0.4) is 0 Å². The summed E-state index contributed by atoms with van der Waals surface area (Å²) in [5.74, 6) is -1.21. The Morgan fingerprint density at radius 2 is 1.77 bits per heavy atom. The maximum atomic E-state index is 13.6. The van der Waals surface area contributed by atoms with Crippen molar-refractivity contribution in [2.45, 2.75) is 177 Å². The Balaban J connectivity index is 1.07. The summed E-state index contributed by atoms with van der Waals surface area (Å²) in [4.78, 5) is 25.0. The highest BCUT2D eigenvalue weighted by Gasteiger charge is 2.46. The third kappa shape index (κ3) is 14.4. The van der Waals surface area contributed by atoms with Gasteiger partial charge in [0.15, 0.2) is 11.7 Å². The number of fused-ring (bicyclic) bond motifs is 9. The lowest BCUT2D eigenvalue weighted by Crippen LogP contribution is -2.52. The zero-order chi connectivity index (χ0) is 50.0. The van der Waals surface area contributed by atoms with Gasteiger partial charge in [0, 0.05) is 64.9 Å². The predicted octanol–water partition coefficient (Wildman–Crippen LogP) is 9.41. The lowest BCUT2D eigenvalue weighted by atomic mass is 9.79. The van der Waals surface area contributed by atoms with Gasteiger partial charge in [0.25, 0.3) is 0 Å². The van der Waals surface area contributed by atoms with Gasteiger partial charge in [-0.2, -0.15) is 0 Å². The summed E-state index contributed by atoms with van der Waals surface area (Å²) < 4.78 is 62.1. The van der Waals surface area contributed by atoms with Crippen LogP contribution in [0.1, 0.15) is 121 Å². The predicted molar refractivity (Wildman–Crippen MR) is 266 cm³/mol. The van der Waals surface area contributed by atoms with E-state index in [1.54, 1.807) is 44.9 Å². The molecule has 4 saturated heterocycles. The second kappa shape index (κ2) is 25.2. The number of methoxy groups -OCH3 is 3. The summed E-state index contributed by atoms with van der Waals surface area (Å²) in [5.41, 5.74) is 4.02. The number of aliphatic hydroxyl groups is 2. The van der Waals surface area contributed by atoms with Crippen LogP contribution < -0.4 is 0 Å². The fraction of sp³-hybridized carbons (Fsp3) is 0.611. The summed E-state index contributed by atoms with van der Waals surface area (Å²) in [7, 11) is 4.88. The number of carbonyl (C=O) groups excluding carboxylic acids is 1. The van der Waals surface area contributed by atoms with Crippen molar-refractivity contribution in [3.05, 3.63) is 107 Å². The van der Waals surface area contributed by atoms with Crippen LogP contribution in [0.5, 0.6) is 0 Å². The normalized spacial score (nSPS) is 35.8. The van der Waals surface area contributed by atoms with Gasteiger partial charge in [-0.15, -0.1) is 0 Å². The number of ether oxygens (including phenoxy) is 8. The highest BCUT2D eigenvalue weighted by molar-refractivity contribution is 9.11. The lowest BCUT2D eigenvalue weighted by molar-refractivity contribution is -0.298. The molecule has 5 aliphatic heterocycles. The summed E-state index contributed by atoms with van der Waals surface area (Å²) in [6, 6.07) is 0. The van der Waals surface area contributed by atoms with E-state index in [1.807, 2.05) is 70.2 Å². The van der Waals surface area contributed by atoms with Gasteiger partial charge in [0.1, 0.15) is 36.1 Å². The van der Waals surface area contributed by atoms with Crippen LogP contribution in [-0.4, -0.2) is 120 Å². The van der Waals surface area contributed by atoms with Crippen molar-refractivity contribution < 1.29 is 61.7 Å². The molecule has 0 saturated carbocycles. The van der Waals surface area contributed by atoms with Crippen molar-refractivity contribution in [1.29, 1.82) is 0 Å². The van der Waals surface area contributed by atoms with Crippen molar-refractivity contribution in [1.82, 2.24) is 9.97 Å². The molecule has 0 aromatic carbocycles. The monoisotopic (exact) mass is 1040 g/mol. The molecule has 0 unspecified atom stereocenters. The number of rotatable bonds is 13.